The fraction of sp³-hybridized carbons (Fsp3) is 0.571. The van der Waals surface area contributed by atoms with Crippen molar-refractivity contribution in [2.75, 3.05) is 12.0 Å². The molecule has 0 heterocycles. The van der Waals surface area contributed by atoms with Crippen LogP contribution in [0.25, 0.3) is 0 Å². The van der Waals surface area contributed by atoms with Gasteiger partial charge in [-0.2, -0.15) is 11.8 Å². The maximum atomic E-state index is 13.6. The fourth-order valence-corrected chi connectivity index (χ4v) is 3.69. The van der Waals surface area contributed by atoms with Crippen molar-refractivity contribution in [1.29, 1.82) is 0 Å². The third-order valence-electron chi connectivity index (χ3n) is 5.97. The zero-order chi connectivity index (χ0) is 34.7. The van der Waals surface area contributed by atoms with E-state index in [4.69, 9.17) is 5.73 Å². The van der Waals surface area contributed by atoms with Crippen molar-refractivity contribution in [2.24, 2.45) is 5.73 Å². The number of nitrogens with one attached hydrogen (secondary N) is 1. The molecule has 2 amide bonds. The molecule has 0 saturated heterocycles. The van der Waals surface area contributed by atoms with Crippen molar-refractivity contribution in [3.05, 3.63) is 70.5 Å². The average molecular weight is 639 g/mol. The van der Waals surface area contributed by atoms with Crippen molar-refractivity contribution in [2.45, 2.75) is 119 Å². The second-order valence-corrected chi connectivity index (χ2v) is 10.5. The summed E-state index contributed by atoms with van der Waals surface area (Å²) in [6, 6.07) is 8.62. The number of Topliss-reactive ketones (excluding diaryl/α,β-unsaturated/α-hetero) is 1. The van der Waals surface area contributed by atoms with Crippen LogP contribution in [0.4, 0.5) is 4.39 Å². The molecule has 0 aliphatic rings. The molecule has 0 bridgehead atoms. The number of hydrogen-bond donors (Lipinski definition) is 4. The minimum Gasteiger partial charge on any atom is -0.390 e. The number of aliphatic hydroxyl groups excluding tert-OH is 2. The van der Waals surface area contributed by atoms with E-state index in [1.54, 1.807) is 6.07 Å². The Morgan fingerprint density at radius 2 is 1.36 bits per heavy atom. The second-order valence-electron chi connectivity index (χ2n) is 9.47. The number of aliphatic hydroxyl groups is 2. The van der Waals surface area contributed by atoms with Crippen LogP contribution >= 0.6 is 11.8 Å². The minimum atomic E-state index is -1.33. The number of rotatable bonds is 13. The molecular weight excluding hydrogens is 579 g/mol. The number of ketones is 1. The summed E-state index contributed by atoms with van der Waals surface area (Å²) >= 11 is 1.50. The molecule has 9 heteroatoms. The largest absolute Gasteiger partial charge is 0.390 e. The Labute approximate surface area is 270 Å². The number of thioether (sulfide) groups is 1. The summed E-state index contributed by atoms with van der Waals surface area (Å²) in [5, 5.41) is 23.7. The van der Waals surface area contributed by atoms with Gasteiger partial charge in [0.15, 0.2) is 5.78 Å². The number of nitrogens with two attached hydrogens (primary N) is 1. The van der Waals surface area contributed by atoms with E-state index in [-0.39, 0.29) is 28.9 Å². The molecule has 252 valence electrons. The molecule has 5 N–H and O–H groups in total. The summed E-state index contributed by atoms with van der Waals surface area (Å²) in [7, 11) is 0. The van der Waals surface area contributed by atoms with Gasteiger partial charge in [-0.05, 0) is 67.7 Å². The van der Waals surface area contributed by atoms with Gasteiger partial charge >= 0.3 is 0 Å². The van der Waals surface area contributed by atoms with Crippen molar-refractivity contribution in [3.63, 3.8) is 0 Å². The molecule has 0 aromatic heterocycles. The number of carbonyl (C=O) groups is 3. The highest BCUT2D eigenvalue weighted by Crippen LogP contribution is 2.16. The zero-order valence-electron chi connectivity index (χ0n) is 28.7. The summed E-state index contributed by atoms with van der Waals surface area (Å²) in [6.07, 6.45) is 5.04. The van der Waals surface area contributed by atoms with Crippen LogP contribution in [0, 0.1) is 5.82 Å². The van der Waals surface area contributed by atoms with E-state index in [0.717, 1.165) is 0 Å². The molecular formula is C35H59FN2O5S. The summed E-state index contributed by atoms with van der Waals surface area (Å²) in [4.78, 5) is 36.4. The predicted octanol–water partition coefficient (Wildman–Crippen LogP) is 7.61. The molecule has 2 rings (SSSR count). The second kappa shape index (κ2) is 29.0. The van der Waals surface area contributed by atoms with Gasteiger partial charge in [0.2, 0.25) is 5.91 Å². The third kappa shape index (κ3) is 20.3. The van der Waals surface area contributed by atoms with E-state index in [9.17, 15) is 29.0 Å². The van der Waals surface area contributed by atoms with Crippen molar-refractivity contribution in [1.82, 2.24) is 5.32 Å². The smallest absolute Gasteiger partial charge is 0.251 e. The number of benzene rings is 2. The molecule has 2 aromatic carbocycles. The SMILES string of the molecule is CC.CC.CCCC.CCCC.CSCCC(O)C(O)C(Cc1cccc(F)c1)NC(=O)c1cc(C(C)=O)cc(C(N)=O)c1. The zero-order valence-corrected chi connectivity index (χ0v) is 29.5. The fourth-order valence-electron chi connectivity index (χ4n) is 3.21. The van der Waals surface area contributed by atoms with E-state index >= 15 is 0 Å². The first kappa shape index (κ1) is 45.7. The molecule has 3 atom stereocenters. The van der Waals surface area contributed by atoms with Crippen molar-refractivity contribution >= 4 is 29.4 Å². The lowest BCUT2D eigenvalue weighted by Crippen LogP contribution is -2.50. The number of hydrogen-bond acceptors (Lipinski definition) is 6. The first-order chi connectivity index (χ1) is 20.9. The normalized spacial score (nSPS) is 11.7. The van der Waals surface area contributed by atoms with Gasteiger partial charge in [0.1, 0.15) is 11.9 Å². The minimum absolute atomic E-state index is 0.00143. The standard InChI is InChI=1S/C23H27FN2O5S.2C4H10.2C2H6/c1-13(27)15-10-16(22(25)30)12-17(11-15)23(31)26-19(21(29)20(28)6-7-32-2)9-14-4-3-5-18(24)8-14;2*1-3-4-2;2*1-2/h3-5,8,10-12,19-21,28-29H,6-7,9H2,1-2H3,(H2,25,30)(H,26,31);2*3-4H2,1-2H3;2*1-2H3. The lowest BCUT2D eigenvalue weighted by molar-refractivity contribution is -0.00406. The van der Waals surface area contributed by atoms with Gasteiger partial charge in [-0.15, -0.1) is 0 Å². The average Bonchev–Trinajstić information content (AvgIpc) is 3.04. The first-order valence-electron chi connectivity index (χ1n) is 15.8. The van der Waals surface area contributed by atoms with Gasteiger partial charge < -0.3 is 21.3 Å². The predicted molar refractivity (Wildman–Crippen MR) is 185 cm³/mol. The highest BCUT2D eigenvalue weighted by molar-refractivity contribution is 7.98. The van der Waals surface area contributed by atoms with E-state index < -0.39 is 35.9 Å². The molecule has 0 fully saturated rings. The number of amides is 2. The van der Waals surface area contributed by atoms with Gasteiger partial charge in [-0.3, -0.25) is 14.4 Å². The van der Waals surface area contributed by atoms with E-state index in [0.29, 0.717) is 17.7 Å². The van der Waals surface area contributed by atoms with Gasteiger partial charge in [0, 0.05) is 16.7 Å². The summed E-state index contributed by atoms with van der Waals surface area (Å²) in [6.45, 7) is 18.0. The van der Waals surface area contributed by atoms with Crippen molar-refractivity contribution in [3.8, 4) is 0 Å². The highest BCUT2D eigenvalue weighted by Gasteiger charge is 2.28. The Kier molecular flexibility index (Phi) is 30.1. The van der Waals surface area contributed by atoms with Gasteiger partial charge in [0.25, 0.3) is 5.91 Å². The van der Waals surface area contributed by atoms with E-state index in [2.05, 4.69) is 33.0 Å². The Morgan fingerprint density at radius 1 is 0.864 bits per heavy atom. The maximum Gasteiger partial charge on any atom is 0.251 e. The Balaban J connectivity index is -0.00000121. The maximum absolute atomic E-state index is 13.6. The van der Waals surface area contributed by atoms with E-state index in [1.165, 1.54) is 80.8 Å². The topological polar surface area (TPSA) is 130 Å². The van der Waals surface area contributed by atoms with Crippen LogP contribution in [0.3, 0.4) is 0 Å². The monoisotopic (exact) mass is 638 g/mol. The summed E-state index contributed by atoms with van der Waals surface area (Å²) < 4.78 is 13.6. The summed E-state index contributed by atoms with van der Waals surface area (Å²) in [5.41, 5.74) is 5.95. The lowest BCUT2D eigenvalue weighted by atomic mass is 9.95. The Bertz CT molecular complexity index is 1010. The highest BCUT2D eigenvalue weighted by atomic mass is 32.2. The molecule has 44 heavy (non-hydrogen) atoms. The quantitative estimate of drug-likeness (QED) is 0.167. The Morgan fingerprint density at radius 3 is 1.80 bits per heavy atom. The van der Waals surface area contributed by atoms with Crippen LogP contribution in [0.2, 0.25) is 0 Å². The molecule has 3 unspecified atom stereocenters. The molecule has 0 aliphatic heterocycles. The Hall–Kier alpha value is -2.75. The molecule has 2 aromatic rings. The van der Waals surface area contributed by atoms with Crippen LogP contribution in [0.1, 0.15) is 131 Å². The third-order valence-corrected chi connectivity index (χ3v) is 6.62. The van der Waals surface area contributed by atoms with Crippen LogP contribution in [0.15, 0.2) is 42.5 Å². The number of carbonyl (C=O) groups excluding carboxylic acids is 3. The molecule has 0 radical (unpaired) electrons. The summed E-state index contributed by atoms with van der Waals surface area (Å²) in [5.74, 6) is -1.70. The van der Waals surface area contributed by atoms with Crippen molar-refractivity contribution < 1.29 is 29.0 Å². The van der Waals surface area contributed by atoms with Gasteiger partial charge in [-0.25, -0.2) is 4.39 Å². The lowest BCUT2D eigenvalue weighted by Gasteiger charge is -2.28. The van der Waals surface area contributed by atoms with Crippen LogP contribution in [0.5, 0.6) is 0 Å². The number of primary amides is 1. The number of halogens is 1. The van der Waals surface area contributed by atoms with Gasteiger partial charge in [-0.1, -0.05) is 93.2 Å². The molecule has 0 spiro atoms. The van der Waals surface area contributed by atoms with Gasteiger partial charge in [0.05, 0.1) is 12.1 Å². The first-order valence-corrected chi connectivity index (χ1v) is 17.2. The number of unbranched alkanes of at least 4 members (excludes halogenated alkanes) is 2. The molecule has 0 aliphatic carbocycles. The van der Waals surface area contributed by atoms with Crippen LogP contribution < -0.4 is 11.1 Å². The van der Waals surface area contributed by atoms with E-state index in [1.807, 2.05) is 34.0 Å². The van der Waals surface area contributed by atoms with Crippen LogP contribution in [-0.4, -0.2) is 58.1 Å². The van der Waals surface area contributed by atoms with Crippen LogP contribution in [-0.2, 0) is 6.42 Å². The molecule has 7 nitrogen and oxygen atoms in total. The molecule has 0 saturated carbocycles.